The minimum absolute atomic E-state index is 0.0872. The molecule has 7 heteroatoms. The van der Waals surface area contributed by atoms with E-state index in [-0.39, 0.29) is 24.6 Å². The highest BCUT2D eigenvalue weighted by molar-refractivity contribution is 6.18. The van der Waals surface area contributed by atoms with Crippen LogP contribution in [0.25, 0.3) is 0 Å². The number of aliphatic hydroxyl groups excluding tert-OH is 1. The molecule has 1 aliphatic rings. The van der Waals surface area contributed by atoms with Gasteiger partial charge in [0, 0.05) is 11.9 Å². The fraction of sp³-hybridized carbons (Fsp3) is 0.889. The Balaban J connectivity index is 2.39. The highest BCUT2D eigenvalue weighted by atomic mass is 35.5. The summed E-state index contributed by atoms with van der Waals surface area (Å²) in [5.41, 5.74) is 0. The second-order valence-corrected chi connectivity index (χ2v) is 4.24. The molecule has 0 aliphatic heterocycles. The number of nitroso groups, excluding NO2 is 1. The molecule has 0 aromatic heterocycles. The number of hydrogen-bond donors (Lipinski definition) is 2. The first-order valence-corrected chi connectivity index (χ1v) is 5.86. The molecule has 2 atom stereocenters. The van der Waals surface area contributed by atoms with Gasteiger partial charge in [0.2, 0.25) is 0 Å². The zero-order valence-electron chi connectivity index (χ0n) is 8.93. The van der Waals surface area contributed by atoms with Crippen LogP contribution in [0.4, 0.5) is 4.79 Å². The summed E-state index contributed by atoms with van der Waals surface area (Å²) in [5, 5.41) is 15.4. The summed E-state index contributed by atoms with van der Waals surface area (Å²) in [5.74, 6) is 0.159. The molecule has 1 fully saturated rings. The van der Waals surface area contributed by atoms with Crippen molar-refractivity contribution in [1.82, 2.24) is 10.3 Å². The van der Waals surface area contributed by atoms with Crippen LogP contribution < -0.4 is 5.32 Å². The molecule has 1 rings (SSSR count). The Bertz CT molecular complexity index is 252. The van der Waals surface area contributed by atoms with Gasteiger partial charge in [-0.1, -0.05) is 0 Å². The number of urea groups is 1. The lowest BCUT2D eigenvalue weighted by Crippen LogP contribution is -2.45. The van der Waals surface area contributed by atoms with Crippen molar-refractivity contribution in [1.29, 1.82) is 0 Å². The van der Waals surface area contributed by atoms with Crippen molar-refractivity contribution in [2.75, 3.05) is 12.4 Å². The van der Waals surface area contributed by atoms with Crippen molar-refractivity contribution < 1.29 is 9.90 Å². The first-order valence-electron chi connectivity index (χ1n) is 5.32. The number of aliphatic hydroxyl groups is 1. The Kier molecular flexibility index (Phi) is 5.48. The lowest BCUT2D eigenvalue weighted by molar-refractivity contribution is 0.111. The molecule has 0 saturated heterocycles. The summed E-state index contributed by atoms with van der Waals surface area (Å²) in [4.78, 5) is 21.9. The molecular formula is C9H16ClN3O3. The highest BCUT2D eigenvalue weighted by Crippen LogP contribution is 2.18. The quantitative estimate of drug-likeness (QED) is 0.447. The van der Waals surface area contributed by atoms with Crippen molar-refractivity contribution in [2.45, 2.75) is 37.8 Å². The van der Waals surface area contributed by atoms with E-state index in [0.717, 1.165) is 24.3 Å². The molecule has 0 spiro atoms. The van der Waals surface area contributed by atoms with E-state index >= 15 is 0 Å². The lowest BCUT2D eigenvalue weighted by Gasteiger charge is -2.27. The minimum atomic E-state index is -0.547. The van der Waals surface area contributed by atoms with Crippen molar-refractivity contribution in [3.8, 4) is 0 Å². The highest BCUT2D eigenvalue weighted by Gasteiger charge is 2.23. The molecule has 0 bridgehead atoms. The van der Waals surface area contributed by atoms with E-state index < -0.39 is 6.03 Å². The molecule has 1 aliphatic carbocycles. The monoisotopic (exact) mass is 249 g/mol. The van der Waals surface area contributed by atoms with Crippen molar-refractivity contribution in [3.05, 3.63) is 4.91 Å². The third kappa shape index (κ3) is 3.94. The topological polar surface area (TPSA) is 82.0 Å². The maximum Gasteiger partial charge on any atom is 0.340 e. The molecule has 6 nitrogen and oxygen atoms in total. The zero-order chi connectivity index (χ0) is 12.0. The van der Waals surface area contributed by atoms with Gasteiger partial charge >= 0.3 is 6.03 Å². The maximum atomic E-state index is 11.5. The van der Waals surface area contributed by atoms with Gasteiger partial charge in [-0.15, -0.1) is 16.5 Å². The van der Waals surface area contributed by atoms with Crippen molar-refractivity contribution in [3.63, 3.8) is 0 Å². The lowest BCUT2D eigenvalue weighted by atomic mass is 9.93. The Labute approximate surface area is 98.9 Å². The molecule has 2 amide bonds. The van der Waals surface area contributed by atoms with Crippen LogP contribution in [-0.4, -0.2) is 40.7 Å². The number of carbonyl (C=O) groups excluding carboxylic acids is 1. The second-order valence-electron chi connectivity index (χ2n) is 3.86. The second kappa shape index (κ2) is 6.65. The van der Waals surface area contributed by atoms with Crippen LogP contribution in [0.1, 0.15) is 25.7 Å². The third-order valence-electron chi connectivity index (χ3n) is 2.60. The van der Waals surface area contributed by atoms with Crippen LogP contribution in [-0.2, 0) is 0 Å². The Morgan fingerprint density at radius 1 is 1.56 bits per heavy atom. The van der Waals surface area contributed by atoms with Crippen LogP contribution in [0.5, 0.6) is 0 Å². The Morgan fingerprint density at radius 3 is 2.88 bits per heavy atom. The number of alkyl halides is 1. The van der Waals surface area contributed by atoms with Crippen LogP contribution in [0.2, 0.25) is 0 Å². The molecule has 0 heterocycles. The smallest absolute Gasteiger partial charge is 0.340 e. The number of hydrogen-bond acceptors (Lipinski definition) is 4. The predicted molar refractivity (Wildman–Crippen MR) is 60.0 cm³/mol. The molecule has 16 heavy (non-hydrogen) atoms. The number of nitrogens with zero attached hydrogens (tertiary/aromatic N) is 2. The molecule has 0 aromatic carbocycles. The van der Waals surface area contributed by atoms with E-state index in [4.69, 9.17) is 11.6 Å². The van der Waals surface area contributed by atoms with E-state index in [1.165, 1.54) is 0 Å². The summed E-state index contributed by atoms with van der Waals surface area (Å²) in [6.45, 7) is 0.0894. The van der Waals surface area contributed by atoms with Gasteiger partial charge in [0.05, 0.1) is 17.9 Å². The van der Waals surface area contributed by atoms with Crippen LogP contribution in [0.15, 0.2) is 5.29 Å². The van der Waals surface area contributed by atoms with Gasteiger partial charge in [-0.2, -0.15) is 5.01 Å². The van der Waals surface area contributed by atoms with Crippen LogP contribution in [0.3, 0.4) is 0 Å². The van der Waals surface area contributed by atoms with Crippen molar-refractivity contribution >= 4 is 17.6 Å². The number of rotatable bonds is 4. The fourth-order valence-electron chi connectivity index (χ4n) is 1.80. The van der Waals surface area contributed by atoms with E-state index in [2.05, 4.69) is 10.6 Å². The van der Waals surface area contributed by atoms with Gasteiger partial charge in [-0.3, -0.25) is 0 Å². The van der Waals surface area contributed by atoms with Crippen LogP contribution in [0, 0.1) is 4.91 Å². The van der Waals surface area contributed by atoms with Crippen LogP contribution >= 0.6 is 11.6 Å². The molecule has 1 saturated carbocycles. The number of amides is 2. The molecule has 92 valence electrons. The summed E-state index contributed by atoms with van der Waals surface area (Å²) in [6.07, 6.45) is 2.61. The number of halogens is 1. The Morgan fingerprint density at radius 2 is 2.31 bits per heavy atom. The molecule has 0 aromatic rings. The number of nitrogens with one attached hydrogen (secondary N) is 1. The number of carbonyl (C=O) groups is 1. The largest absolute Gasteiger partial charge is 0.393 e. The van der Waals surface area contributed by atoms with E-state index in [0.29, 0.717) is 6.42 Å². The summed E-state index contributed by atoms with van der Waals surface area (Å²) in [6, 6.07) is -0.634. The zero-order valence-corrected chi connectivity index (χ0v) is 9.69. The van der Waals surface area contributed by atoms with E-state index in [9.17, 15) is 14.8 Å². The molecule has 2 N–H and O–H groups in total. The summed E-state index contributed by atoms with van der Waals surface area (Å²) in [7, 11) is 0. The van der Waals surface area contributed by atoms with Gasteiger partial charge in [0.15, 0.2) is 0 Å². The summed E-state index contributed by atoms with van der Waals surface area (Å²) < 4.78 is 0. The molecule has 0 radical (unpaired) electrons. The van der Waals surface area contributed by atoms with E-state index in [1.807, 2.05) is 0 Å². The SMILES string of the molecule is O=NN(CCCl)C(=O)N[C@@H]1CCC[C@@H](O)C1. The van der Waals surface area contributed by atoms with Gasteiger partial charge in [-0.25, -0.2) is 4.79 Å². The summed E-state index contributed by atoms with van der Waals surface area (Å²) >= 11 is 5.42. The predicted octanol–water partition coefficient (Wildman–Crippen LogP) is 1.22. The van der Waals surface area contributed by atoms with E-state index in [1.54, 1.807) is 0 Å². The molecule has 0 unspecified atom stereocenters. The van der Waals surface area contributed by atoms with Gasteiger partial charge in [0.25, 0.3) is 0 Å². The first kappa shape index (κ1) is 13.2. The Hall–Kier alpha value is -0.880. The normalized spacial score (nSPS) is 24.9. The fourth-order valence-corrected chi connectivity index (χ4v) is 1.96. The average molecular weight is 250 g/mol. The average Bonchev–Trinajstić information content (AvgIpc) is 2.25. The first-order chi connectivity index (χ1) is 7.67. The minimum Gasteiger partial charge on any atom is -0.393 e. The third-order valence-corrected chi connectivity index (χ3v) is 2.77. The maximum absolute atomic E-state index is 11.5. The van der Waals surface area contributed by atoms with Gasteiger partial charge in [0.1, 0.15) is 0 Å². The van der Waals surface area contributed by atoms with Crippen molar-refractivity contribution in [2.24, 2.45) is 5.29 Å². The van der Waals surface area contributed by atoms with Gasteiger partial charge < -0.3 is 10.4 Å². The molecular weight excluding hydrogens is 234 g/mol. The van der Waals surface area contributed by atoms with Gasteiger partial charge in [-0.05, 0) is 25.7 Å². The standard InChI is InChI=1S/C9H16ClN3O3/c10-4-5-13(12-16)9(15)11-7-2-1-3-8(14)6-7/h7-8,14H,1-6H2,(H,11,15)/t7-,8-/m1/s1.